The first-order valence-electron chi connectivity index (χ1n) is 7.87. The molecule has 12 heteroatoms. The minimum Gasteiger partial charge on any atom is -0.478 e. The van der Waals surface area contributed by atoms with Crippen LogP contribution >= 0.6 is 0 Å². The lowest BCUT2D eigenvalue weighted by atomic mass is 9.78. The number of aliphatic carboxylic acids is 1. The molecule has 0 aromatic heterocycles. The third-order valence-corrected chi connectivity index (χ3v) is 6.18. The van der Waals surface area contributed by atoms with E-state index in [9.17, 15) is 49.4 Å². The number of carboxylic acid groups (broad SMARTS) is 1. The molecule has 1 spiro atoms. The molecule has 3 nitrogen and oxygen atoms in total. The molecule has 3 saturated carbocycles. The second-order valence-corrected chi connectivity index (χ2v) is 7.48. The molecule has 0 aromatic rings. The highest BCUT2D eigenvalue weighted by Gasteiger charge is 2.78. The maximum Gasteiger partial charge on any atom is 0.426 e. The quantitative estimate of drug-likeness (QED) is 0.539. The minimum atomic E-state index is -6.07. The van der Waals surface area contributed by atoms with Crippen LogP contribution in [-0.2, 0) is 4.79 Å². The number of carboxylic acids is 1. The molecular formula is C15H13F9O3. The Bertz CT molecular complexity index is 689. The highest BCUT2D eigenvalue weighted by atomic mass is 19.4. The summed E-state index contributed by atoms with van der Waals surface area (Å²) in [6.07, 6.45) is -19.5. The van der Waals surface area contributed by atoms with Crippen molar-refractivity contribution in [2.75, 3.05) is 0 Å². The molecule has 4 unspecified atom stereocenters. The van der Waals surface area contributed by atoms with Crippen molar-refractivity contribution >= 4 is 5.97 Å². The molecule has 3 aliphatic carbocycles. The molecule has 2 N–H and O–H groups in total. The minimum absolute atomic E-state index is 0.0924. The summed E-state index contributed by atoms with van der Waals surface area (Å²) in [5.41, 5.74) is -9.28. The second kappa shape index (κ2) is 5.32. The molecule has 4 atom stereocenters. The van der Waals surface area contributed by atoms with E-state index in [2.05, 4.69) is 0 Å². The largest absolute Gasteiger partial charge is 0.478 e. The number of allylic oxidation sites excluding steroid dienone is 1. The van der Waals surface area contributed by atoms with Gasteiger partial charge >= 0.3 is 24.5 Å². The van der Waals surface area contributed by atoms with E-state index in [4.69, 9.17) is 5.11 Å². The first-order chi connectivity index (χ1) is 12.0. The standard InChI is InChI=1S/C15H13F9O3/c16-13(17,18)9(10(25)26)8-7-2-5-1-6(11(7,8)3-5)4-12(27,14(19,20)21)15(22,23)24/h5-7,27H,1-4H2,(H,25,26). The number of rotatable bonds is 3. The summed E-state index contributed by atoms with van der Waals surface area (Å²) < 4.78 is 117. The van der Waals surface area contributed by atoms with E-state index >= 15 is 0 Å². The first kappa shape index (κ1) is 20.3. The van der Waals surface area contributed by atoms with Gasteiger partial charge in [0.15, 0.2) is 0 Å². The van der Waals surface area contributed by atoms with Gasteiger partial charge in [-0.2, -0.15) is 39.5 Å². The second-order valence-electron chi connectivity index (χ2n) is 7.48. The van der Waals surface area contributed by atoms with Gasteiger partial charge in [-0.25, -0.2) is 4.79 Å². The smallest absolute Gasteiger partial charge is 0.426 e. The van der Waals surface area contributed by atoms with E-state index in [1.165, 1.54) is 0 Å². The zero-order valence-corrected chi connectivity index (χ0v) is 13.3. The lowest BCUT2D eigenvalue weighted by molar-refractivity contribution is -0.373. The van der Waals surface area contributed by atoms with Crippen LogP contribution in [0.1, 0.15) is 25.7 Å². The normalized spacial score (nSPS) is 35.3. The van der Waals surface area contributed by atoms with Crippen LogP contribution in [0.15, 0.2) is 11.1 Å². The zero-order valence-electron chi connectivity index (χ0n) is 13.3. The van der Waals surface area contributed by atoms with Crippen molar-refractivity contribution in [1.82, 2.24) is 0 Å². The first-order valence-corrected chi connectivity index (χ1v) is 7.87. The van der Waals surface area contributed by atoms with Crippen molar-refractivity contribution in [3.05, 3.63) is 11.1 Å². The summed E-state index contributed by atoms with van der Waals surface area (Å²) in [4.78, 5) is 11.1. The van der Waals surface area contributed by atoms with E-state index in [1.807, 2.05) is 0 Å². The van der Waals surface area contributed by atoms with Crippen LogP contribution < -0.4 is 0 Å². The Kier molecular flexibility index (Phi) is 4.00. The van der Waals surface area contributed by atoms with Crippen molar-refractivity contribution in [3.63, 3.8) is 0 Å². The topological polar surface area (TPSA) is 57.5 Å². The third kappa shape index (κ3) is 2.65. The van der Waals surface area contributed by atoms with E-state index in [0.29, 0.717) is 0 Å². The lowest BCUT2D eigenvalue weighted by Crippen LogP contribution is -2.58. The molecule has 0 aliphatic heterocycles. The molecule has 0 saturated heterocycles. The zero-order chi connectivity index (χ0) is 20.8. The number of carbonyl (C=O) groups is 1. The number of hydrogen-bond acceptors (Lipinski definition) is 2. The average Bonchev–Trinajstić information content (AvgIpc) is 2.74. The molecular weight excluding hydrogens is 399 g/mol. The SMILES string of the molecule is O=C(O)C(=C1C2CC3CC(CC(O)(C(F)(F)F)C(F)(F)F)C12C3)C(F)(F)F. The number of alkyl halides is 9. The fourth-order valence-corrected chi connectivity index (χ4v) is 5.21. The summed E-state index contributed by atoms with van der Waals surface area (Å²) in [5.74, 6) is -5.26. The number of fused-ring (bicyclic) bond motifs is 1. The van der Waals surface area contributed by atoms with Crippen molar-refractivity contribution in [1.29, 1.82) is 0 Å². The summed E-state index contributed by atoms with van der Waals surface area (Å²) in [6, 6.07) is 0. The van der Waals surface area contributed by atoms with E-state index in [-0.39, 0.29) is 19.3 Å². The van der Waals surface area contributed by atoms with Gasteiger partial charge < -0.3 is 10.2 Å². The van der Waals surface area contributed by atoms with Crippen LogP contribution in [-0.4, -0.2) is 40.3 Å². The van der Waals surface area contributed by atoms with Gasteiger partial charge in [0.2, 0.25) is 0 Å². The van der Waals surface area contributed by atoms with Crippen LogP contribution in [0.3, 0.4) is 0 Å². The fourth-order valence-electron chi connectivity index (χ4n) is 5.21. The van der Waals surface area contributed by atoms with Gasteiger partial charge in [-0.1, -0.05) is 0 Å². The summed E-state index contributed by atoms with van der Waals surface area (Å²) >= 11 is 0. The van der Waals surface area contributed by atoms with Crippen LogP contribution in [0.2, 0.25) is 0 Å². The molecule has 0 amide bonds. The molecule has 0 radical (unpaired) electrons. The van der Waals surface area contributed by atoms with Gasteiger partial charge in [0.25, 0.3) is 5.60 Å². The van der Waals surface area contributed by atoms with Crippen molar-refractivity contribution < 1.29 is 54.5 Å². The Balaban J connectivity index is 2.02. The molecule has 0 aromatic carbocycles. The van der Waals surface area contributed by atoms with Gasteiger partial charge in [0.05, 0.1) is 0 Å². The predicted octanol–water partition coefficient (Wildman–Crippen LogP) is 4.22. The number of aliphatic hydroxyl groups is 1. The number of halogens is 9. The molecule has 27 heavy (non-hydrogen) atoms. The summed E-state index contributed by atoms with van der Waals surface area (Å²) in [5, 5.41) is 18.3. The lowest BCUT2D eigenvalue weighted by Gasteiger charge is -2.36. The van der Waals surface area contributed by atoms with Gasteiger partial charge in [-0.3, -0.25) is 0 Å². The van der Waals surface area contributed by atoms with E-state index in [0.717, 1.165) is 0 Å². The van der Waals surface area contributed by atoms with Gasteiger partial charge in [0, 0.05) is 5.41 Å². The maximum absolute atomic E-state index is 13.1. The van der Waals surface area contributed by atoms with Crippen LogP contribution in [0.25, 0.3) is 0 Å². The molecule has 3 fully saturated rings. The fraction of sp³-hybridized carbons (Fsp3) is 0.800. The van der Waals surface area contributed by atoms with Crippen molar-refractivity contribution in [3.8, 4) is 0 Å². The maximum atomic E-state index is 13.1. The van der Waals surface area contributed by atoms with Crippen LogP contribution in [0.5, 0.6) is 0 Å². The van der Waals surface area contributed by atoms with Gasteiger partial charge in [-0.05, 0) is 49.0 Å². The number of hydrogen-bond donors (Lipinski definition) is 2. The van der Waals surface area contributed by atoms with Gasteiger partial charge in [0.1, 0.15) is 5.57 Å². The molecule has 2 bridgehead atoms. The molecule has 3 rings (SSSR count). The highest BCUT2D eigenvalue weighted by Crippen LogP contribution is 2.81. The monoisotopic (exact) mass is 412 g/mol. The third-order valence-electron chi connectivity index (χ3n) is 6.18. The van der Waals surface area contributed by atoms with E-state index < -0.39 is 70.8 Å². The molecule has 0 heterocycles. The Morgan fingerprint density at radius 1 is 1.00 bits per heavy atom. The Morgan fingerprint density at radius 2 is 1.52 bits per heavy atom. The Labute approximate surface area is 145 Å². The van der Waals surface area contributed by atoms with Crippen molar-refractivity contribution in [2.45, 2.75) is 49.8 Å². The average molecular weight is 412 g/mol. The van der Waals surface area contributed by atoms with Gasteiger partial charge in [-0.15, -0.1) is 0 Å². The highest BCUT2D eigenvalue weighted by molar-refractivity contribution is 5.91. The van der Waals surface area contributed by atoms with Crippen LogP contribution in [0.4, 0.5) is 39.5 Å². The molecule has 154 valence electrons. The van der Waals surface area contributed by atoms with E-state index in [1.54, 1.807) is 0 Å². The summed E-state index contributed by atoms with van der Waals surface area (Å²) in [6.45, 7) is 0. The Morgan fingerprint density at radius 3 is 1.93 bits per heavy atom. The molecule has 3 aliphatic rings. The summed E-state index contributed by atoms with van der Waals surface area (Å²) in [7, 11) is 0. The predicted molar refractivity (Wildman–Crippen MR) is 69.1 cm³/mol. The Hall–Kier alpha value is -1.46. The van der Waals surface area contributed by atoms with Crippen molar-refractivity contribution in [2.24, 2.45) is 23.2 Å². The van der Waals surface area contributed by atoms with Crippen LogP contribution in [0, 0.1) is 23.2 Å².